The maximum absolute atomic E-state index is 9.75. The first-order chi connectivity index (χ1) is 8.56. The van der Waals surface area contributed by atoms with Gasteiger partial charge in [0, 0.05) is 21.8 Å². The summed E-state index contributed by atoms with van der Waals surface area (Å²) in [7, 11) is 0. The fraction of sp³-hybridized carbons (Fsp3) is 0. The van der Waals surface area contributed by atoms with Gasteiger partial charge in [0.1, 0.15) is 5.75 Å². The zero-order valence-corrected chi connectivity index (χ0v) is 11.3. The number of rotatable bonds is 2. The van der Waals surface area contributed by atoms with Crippen molar-refractivity contribution in [2.24, 2.45) is 4.99 Å². The molecule has 0 fully saturated rings. The van der Waals surface area contributed by atoms with Crippen molar-refractivity contribution in [1.29, 1.82) is 0 Å². The van der Waals surface area contributed by atoms with E-state index in [-0.39, 0.29) is 10.8 Å². The molecule has 0 spiro atoms. The summed E-state index contributed by atoms with van der Waals surface area (Å²) < 4.78 is 0. The fourth-order valence-corrected chi connectivity index (χ4v) is 2.08. The van der Waals surface area contributed by atoms with Crippen LogP contribution in [0.2, 0.25) is 15.1 Å². The highest BCUT2D eigenvalue weighted by atomic mass is 35.5. The first kappa shape index (κ1) is 13.2. The molecule has 2 aromatic rings. The third kappa shape index (κ3) is 3.16. The Bertz CT molecular complexity index is 611. The van der Waals surface area contributed by atoms with E-state index in [4.69, 9.17) is 34.8 Å². The number of aliphatic imine (C=N–C) groups is 1. The minimum atomic E-state index is -0.0492. The second-order valence-electron chi connectivity index (χ2n) is 3.56. The molecule has 0 radical (unpaired) electrons. The van der Waals surface area contributed by atoms with E-state index in [1.54, 1.807) is 30.3 Å². The molecule has 0 saturated carbocycles. The molecule has 1 N–H and O–H groups in total. The van der Waals surface area contributed by atoms with Crippen LogP contribution >= 0.6 is 34.8 Å². The molecule has 92 valence electrons. The van der Waals surface area contributed by atoms with Crippen LogP contribution in [0.15, 0.2) is 41.4 Å². The zero-order chi connectivity index (χ0) is 13.1. The van der Waals surface area contributed by atoms with Gasteiger partial charge in [-0.3, -0.25) is 4.99 Å². The number of phenolic OH excluding ortho intramolecular Hbond substituents is 1. The lowest BCUT2D eigenvalue weighted by Crippen LogP contribution is -1.83. The Hall–Kier alpha value is -1.22. The quantitative estimate of drug-likeness (QED) is 0.769. The Kier molecular flexibility index (Phi) is 4.12. The molecule has 18 heavy (non-hydrogen) atoms. The molecule has 0 amide bonds. The van der Waals surface area contributed by atoms with E-state index in [2.05, 4.69) is 4.99 Å². The van der Waals surface area contributed by atoms with Crippen molar-refractivity contribution in [2.75, 3.05) is 0 Å². The van der Waals surface area contributed by atoms with E-state index < -0.39 is 0 Å². The molecule has 0 saturated heterocycles. The molecule has 2 rings (SSSR count). The highest BCUT2D eigenvalue weighted by molar-refractivity contribution is 6.36. The Morgan fingerprint density at radius 2 is 1.78 bits per heavy atom. The summed E-state index contributed by atoms with van der Waals surface area (Å²) in [5, 5.41) is 11.0. The highest BCUT2D eigenvalue weighted by Gasteiger charge is 2.05. The van der Waals surface area contributed by atoms with Gasteiger partial charge in [-0.2, -0.15) is 0 Å². The van der Waals surface area contributed by atoms with Crippen molar-refractivity contribution in [3.05, 3.63) is 57.0 Å². The highest BCUT2D eigenvalue weighted by Crippen LogP contribution is 2.30. The summed E-state index contributed by atoms with van der Waals surface area (Å²) in [6.45, 7) is 0. The third-order valence-electron chi connectivity index (χ3n) is 2.22. The lowest BCUT2D eigenvalue weighted by atomic mass is 10.2. The molecule has 2 aromatic carbocycles. The molecule has 0 bridgehead atoms. The first-order valence-electron chi connectivity index (χ1n) is 5.04. The molecule has 5 heteroatoms. The number of benzene rings is 2. The van der Waals surface area contributed by atoms with Gasteiger partial charge in [0.05, 0.1) is 10.7 Å². The molecule has 0 unspecified atom stereocenters. The molecule has 0 aliphatic heterocycles. The van der Waals surface area contributed by atoms with Crippen molar-refractivity contribution in [3.63, 3.8) is 0 Å². The van der Waals surface area contributed by atoms with Gasteiger partial charge >= 0.3 is 0 Å². The van der Waals surface area contributed by atoms with E-state index in [9.17, 15) is 5.11 Å². The van der Waals surface area contributed by atoms with Gasteiger partial charge in [0.15, 0.2) is 0 Å². The molecule has 0 heterocycles. The number of phenols is 1. The van der Waals surface area contributed by atoms with Crippen LogP contribution in [0.25, 0.3) is 0 Å². The largest absolute Gasteiger partial charge is 0.506 e. The lowest BCUT2D eigenvalue weighted by molar-refractivity contribution is 0.475. The number of halogens is 3. The van der Waals surface area contributed by atoms with Gasteiger partial charge in [0.25, 0.3) is 0 Å². The number of hydrogen-bond donors (Lipinski definition) is 1. The van der Waals surface area contributed by atoms with E-state index >= 15 is 0 Å². The lowest BCUT2D eigenvalue weighted by Gasteiger charge is -2.02. The van der Waals surface area contributed by atoms with Crippen LogP contribution in [0.1, 0.15) is 5.56 Å². The monoisotopic (exact) mass is 299 g/mol. The normalized spacial score (nSPS) is 11.1. The van der Waals surface area contributed by atoms with Gasteiger partial charge in [-0.25, -0.2) is 0 Å². The van der Waals surface area contributed by atoms with Crippen LogP contribution in [-0.2, 0) is 0 Å². The minimum Gasteiger partial charge on any atom is -0.506 e. The second-order valence-corrected chi connectivity index (χ2v) is 4.84. The Balaban J connectivity index is 2.34. The Morgan fingerprint density at radius 3 is 2.50 bits per heavy atom. The van der Waals surface area contributed by atoms with E-state index in [0.29, 0.717) is 21.3 Å². The van der Waals surface area contributed by atoms with Gasteiger partial charge in [-0.15, -0.1) is 0 Å². The predicted octanol–water partition coefficient (Wildman–Crippen LogP) is 5.10. The molecule has 0 aliphatic carbocycles. The molecule has 0 aliphatic rings. The van der Waals surface area contributed by atoms with Gasteiger partial charge in [-0.05, 0) is 30.3 Å². The Morgan fingerprint density at radius 1 is 1.00 bits per heavy atom. The van der Waals surface area contributed by atoms with E-state index in [1.165, 1.54) is 12.3 Å². The van der Waals surface area contributed by atoms with Crippen molar-refractivity contribution in [2.45, 2.75) is 0 Å². The summed E-state index contributed by atoms with van der Waals surface area (Å²) in [6.07, 6.45) is 1.48. The standard InChI is InChI=1S/C13H8Cl3NO/c14-9-2-1-3-11(5-9)17-7-8-4-10(15)6-12(16)13(8)18/h1-7,18H. The van der Waals surface area contributed by atoms with Crippen molar-refractivity contribution >= 4 is 46.7 Å². The predicted molar refractivity (Wildman–Crippen MR) is 76.8 cm³/mol. The first-order valence-corrected chi connectivity index (χ1v) is 6.17. The second kappa shape index (κ2) is 5.61. The number of hydrogen-bond acceptors (Lipinski definition) is 2. The van der Waals surface area contributed by atoms with Gasteiger partial charge in [0.2, 0.25) is 0 Å². The van der Waals surface area contributed by atoms with Crippen molar-refractivity contribution in [1.82, 2.24) is 0 Å². The van der Waals surface area contributed by atoms with Gasteiger partial charge < -0.3 is 5.11 Å². The molecule has 0 atom stereocenters. The molecule has 0 aromatic heterocycles. The average molecular weight is 301 g/mol. The average Bonchev–Trinajstić information content (AvgIpc) is 2.32. The topological polar surface area (TPSA) is 32.6 Å². The summed E-state index contributed by atoms with van der Waals surface area (Å²) in [5.74, 6) is -0.0492. The minimum absolute atomic E-state index is 0.0492. The molecule has 2 nitrogen and oxygen atoms in total. The van der Waals surface area contributed by atoms with Crippen LogP contribution in [0.5, 0.6) is 5.75 Å². The van der Waals surface area contributed by atoms with Crippen LogP contribution in [0, 0.1) is 0 Å². The summed E-state index contributed by atoms with van der Waals surface area (Å²) in [4.78, 5) is 4.19. The fourth-order valence-electron chi connectivity index (χ4n) is 1.38. The summed E-state index contributed by atoms with van der Waals surface area (Å²) >= 11 is 17.5. The summed E-state index contributed by atoms with van der Waals surface area (Å²) in [5.41, 5.74) is 1.13. The van der Waals surface area contributed by atoms with Crippen LogP contribution in [0.3, 0.4) is 0 Å². The number of nitrogens with zero attached hydrogens (tertiary/aromatic N) is 1. The summed E-state index contributed by atoms with van der Waals surface area (Å²) in [6, 6.07) is 10.1. The molecular formula is C13H8Cl3NO. The maximum Gasteiger partial charge on any atom is 0.143 e. The van der Waals surface area contributed by atoms with Crippen LogP contribution in [-0.4, -0.2) is 11.3 Å². The SMILES string of the molecule is Oc1c(Cl)cc(Cl)cc1C=Nc1cccc(Cl)c1. The van der Waals surface area contributed by atoms with Crippen molar-refractivity contribution < 1.29 is 5.11 Å². The maximum atomic E-state index is 9.75. The zero-order valence-electron chi connectivity index (χ0n) is 9.07. The smallest absolute Gasteiger partial charge is 0.143 e. The van der Waals surface area contributed by atoms with Crippen molar-refractivity contribution in [3.8, 4) is 5.75 Å². The molecular weight excluding hydrogens is 293 g/mol. The Labute approximate surface area is 119 Å². The van der Waals surface area contributed by atoms with E-state index in [1.807, 2.05) is 0 Å². The third-order valence-corrected chi connectivity index (χ3v) is 2.96. The van der Waals surface area contributed by atoms with Crippen LogP contribution < -0.4 is 0 Å². The van der Waals surface area contributed by atoms with Gasteiger partial charge in [-0.1, -0.05) is 40.9 Å². The number of aromatic hydroxyl groups is 1. The van der Waals surface area contributed by atoms with Crippen LogP contribution in [0.4, 0.5) is 5.69 Å². The van der Waals surface area contributed by atoms with E-state index in [0.717, 1.165) is 0 Å².